The molecule has 0 saturated carbocycles. The van der Waals surface area contributed by atoms with Gasteiger partial charge in [-0.1, -0.05) is 6.07 Å². The standard InChI is InChI=1S/C15H11F3O/c1-9-6-11(16)3-4-12(9)15(19)8-10-2-5-13(17)14(18)7-10/h2-7H,8H2,1H3. The third-order valence-electron chi connectivity index (χ3n) is 2.84. The van der Waals surface area contributed by atoms with E-state index < -0.39 is 17.5 Å². The third kappa shape index (κ3) is 3.02. The first-order chi connectivity index (χ1) is 8.97. The lowest BCUT2D eigenvalue weighted by molar-refractivity contribution is 0.0992. The summed E-state index contributed by atoms with van der Waals surface area (Å²) in [6.07, 6.45) is -0.0519. The molecule has 0 spiro atoms. The van der Waals surface area contributed by atoms with Gasteiger partial charge in [0, 0.05) is 12.0 Å². The van der Waals surface area contributed by atoms with Crippen molar-refractivity contribution in [2.45, 2.75) is 13.3 Å². The van der Waals surface area contributed by atoms with Crippen molar-refractivity contribution in [3.8, 4) is 0 Å². The predicted molar refractivity (Wildman–Crippen MR) is 65.5 cm³/mol. The van der Waals surface area contributed by atoms with E-state index in [2.05, 4.69) is 0 Å². The summed E-state index contributed by atoms with van der Waals surface area (Å²) in [6.45, 7) is 1.63. The number of carbonyl (C=O) groups excluding carboxylic acids is 1. The number of hydrogen-bond donors (Lipinski definition) is 0. The Labute approximate surface area is 108 Å². The molecular weight excluding hydrogens is 253 g/mol. The molecule has 0 bridgehead atoms. The maximum atomic E-state index is 13.0. The quantitative estimate of drug-likeness (QED) is 0.770. The zero-order chi connectivity index (χ0) is 14.0. The Kier molecular flexibility index (Phi) is 3.69. The molecule has 0 unspecified atom stereocenters. The second-order valence-corrected chi connectivity index (χ2v) is 4.31. The number of benzene rings is 2. The van der Waals surface area contributed by atoms with Crippen LogP contribution in [0.4, 0.5) is 13.2 Å². The number of carbonyl (C=O) groups is 1. The summed E-state index contributed by atoms with van der Waals surface area (Å²) in [7, 11) is 0. The van der Waals surface area contributed by atoms with Crippen LogP contribution in [0.25, 0.3) is 0 Å². The first-order valence-electron chi connectivity index (χ1n) is 5.70. The molecule has 4 heteroatoms. The molecule has 0 N–H and O–H groups in total. The van der Waals surface area contributed by atoms with Gasteiger partial charge in [0.2, 0.25) is 0 Å². The van der Waals surface area contributed by atoms with Crippen LogP contribution in [0.5, 0.6) is 0 Å². The minimum absolute atomic E-state index is 0.0519. The van der Waals surface area contributed by atoms with E-state index in [1.807, 2.05) is 0 Å². The van der Waals surface area contributed by atoms with E-state index in [9.17, 15) is 18.0 Å². The van der Waals surface area contributed by atoms with Gasteiger partial charge in [0.05, 0.1) is 0 Å². The largest absolute Gasteiger partial charge is 0.294 e. The number of rotatable bonds is 3. The lowest BCUT2D eigenvalue weighted by atomic mass is 9.99. The maximum absolute atomic E-state index is 13.0. The summed E-state index contributed by atoms with van der Waals surface area (Å²) in [5.41, 5.74) is 1.28. The number of halogens is 3. The van der Waals surface area contributed by atoms with Gasteiger partial charge in [0.25, 0.3) is 0 Å². The molecular formula is C15H11F3O. The zero-order valence-corrected chi connectivity index (χ0v) is 10.2. The average Bonchev–Trinajstić information content (AvgIpc) is 2.33. The topological polar surface area (TPSA) is 17.1 Å². The fourth-order valence-corrected chi connectivity index (χ4v) is 1.87. The number of hydrogen-bond acceptors (Lipinski definition) is 1. The van der Waals surface area contributed by atoms with Crippen LogP contribution in [0.15, 0.2) is 36.4 Å². The van der Waals surface area contributed by atoms with Gasteiger partial charge in [0.1, 0.15) is 5.82 Å². The van der Waals surface area contributed by atoms with Gasteiger partial charge in [-0.05, 0) is 48.4 Å². The molecule has 0 fully saturated rings. The van der Waals surface area contributed by atoms with E-state index in [-0.39, 0.29) is 12.2 Å². The molecule has 1 nitrogen and oxygen atoms in total. The fourth-order valence-electron chi connectivity index (χ4n) is 1.87. The average molecular weight is 264 g/mol. The van der Waals surface area contributed by atoms with E-state index in [1.54, 1.807) is 6.92 Å². The van der Waals surface area contributed by atoms with Crippen LogP contribution in [0.2, 0.25) is 0 Å². The lowest BCUT2D eigenvalue weighted by Gasteiger charge is -2.05. The minimum atomic E-state index is -0.985. The molecule has 0 aromatic heterocycles. The Hall–Kier alpha value is -2.10. The first-order valence-corrected chi connectivity index (χ1v) is 5.70. The van der Waals surface area contributed by atoms with Gasteiger partial charge < -0.3 is 0 Å². The van der Waals surface area contributed by atoms with Gasteiger partial charge >= 0.3 is 0 Å². The van der Waals surface area contributed by atoms with E-state index in [0.29, 0.717) is 16.7 Å². The van der Waals surface area contributed by atoms with Crippen molar-refractivity contribution < 1.29 is 18.0 Å². The van der Waals surface area contributed by atoms with Crippen LogP contribution in [-0.4, -0.2) is 5.78 Å². The summed E-state index contributed by atoms with van der Waals surface area (Å²) >= 11 is 0. The van der Waals surface area contributed by atoms with Crippen LogP contribution in [-0.2, 0) is 6.42 Å². The fraction of sp³-hybridized carbons (Fsp3) is 0.133. The Morgan fingerprint density at radius 3 is 2.37 bits per heavy atom. The summed E-state index contributed by atoms with van der Waals surface area (Å²) in [5.74, 6) is -2.61. The highest BCUT2D eigenvalue weighted by Crippen LogP contribution is 2.15. The van der Waals surface area contributed by atoms with Crippen molar-refractivity contribution in [3.05, 3.63) is 70.5 Å². The number of ketones is 1. The van der Waals surface area contributed by atoms with Gasteiger partial charge in [-0.25, -0.2) is 13.2 Å². The maximum Gasteiger partial charge on any atom is 0.167 e. The van der Waals surface area contributed by atoms with Crippen LogP contribution in [0.3, 0.4) is 0 Å². The molecule has 2 aromatic rings. The molecule has 0 heterocycles. The van der Waals surface area contributed by atoms with Gasteiger partial charge in [-0.3, -0.25) is 4.79 Å². The lowest BCUT2D eigenvalue weighted by Crippen LogP contribution is -2.06. The molecule has 0 atom stereocenters. The highest BCUT2D eigenvalue weighted by molar-refractivity contribution is 5.98. The van der Waals surface area contributed by atoms with Crippen LogP contribution in [0.1, 0.15) is 21.5 Å². The van der Waals surface area contributed by atoms with Crippen LogP contribution in [0, 0.1) is 24.4 Å². The molecule has 0 aliphatic rings. The second kappa shape index (κ2) is 5.26. The van der Waals surface area contributed by atoms with Crippen molar-refractivity contribution in [1.29, 1.82) is 0 Å². The predicted octanol–water partition coefficient (Wildman–Crippen LogP) is 3.84. The number of Topliss-reactive ketones (excluding diaryl/α,β-unsaturated/α-hetero) is 1. The molecule has 98 valence electrons. The second-order valence-electron chi connectivity index (χ2n) is 4.31. The van der Waals surface area contributed by atoms with Crippen molar-refractivity contribution in [2.75, 3.05) is 0 Å². The first kappa shape index (κ1) is 13.3. The summed E-state index contributed by atoms with van der Waals surface area (Å²) in [4.78, 5) is 12.0. The minimum Gasteiger partial charge on any atom is -0.294 e. The van der Waals surface area contributed by atoms with Crippen molar-refractivity contribution in [1.82, 2.24) is 0 Å². The van der Waals surface area contributed by atoms with Gasteiger partial charge in [-0.15, -0.1) is 0 Å². The van der Waals surface area contributed by atoms with E-state index >= 15 is 0 Å². The van der Waals surface area contributed by atoms with Crippen molar-refractivity contribution >= 4 is 5.78 Å². The van der Waals surface area contributed by atoms with Gasteiger partial charge in [0.15, 0.2) is 17.4 Å². The molecule has 2 aromatic carbocycles. The SMILES string of the molecule is Cc1cc(F)ccc1C(=O)Cc1ccc(F)c(F)c1. The summed E-state index contributed by atoms with van der Waals surface area (Å²) in [5, 5.41) is 0. The Morgan fingerprint density at radius 1 is 1.00 bits per heavy atom. The van der Waals surface area contributed by atoms with Crippen LogP contribution < -0.4 is 0 Å². The smallest absolute Gasteiger partial charge is 0.167 e. The molecule has 0 aliphatic heterocycles. The molecule has 0 saturated heterocycles. The normalized spacial score (nSPS) is 10.5. The molecule has 0 aliphatic carbocycles. The van der Waals surface area contributed by atoms with Gasteiger partial charge in [-0.2, -0.15) is 0 Å². The Bertz CT molecular complexity index is 635. The van der Waals surface area contributed by atoms with Crippen LogP contribution >= 0.6 is 0 Å². The molecule has 19 heavy (non-hydrogen) atoms. The van der Waals surface area contributed by atoms with E-state index in [0.717, 1.165) is 12.1 Å². The Morgan fingerprint density at radius 2 is 1.74 bits per heavy atom. The van der Waals surface area contributed by atoms with E-state index in [4.69, 9.17) is 0 Å². The van der Waals surface area contributed by atoms with E-state index in [1.165, 1.54) is 24.3 Å². The Balaban J connectivity index is 2.23. The molecule has 2 rings (SSSR count). The summed E-state index contributed by atoms with van der Waals surface area (Å²) in [6, 6.07) is 7.19. The molecule has 0 radical (unpaired) electrons. The summed E-state index contributed by atoms with van der Waals surface area (Å²) < 4.78 is 38.7. The number of aryl methyl sites for hydroxylation is 1. The van der Waals surface area contributed by atoms with Crippen molar-refractivity contribution in [3.63, 3.8) is 0 Å². The monoisotopic (exact) mass is 264 g/mol. The molecule has 0 amide bonds. The highest BCUT2D eigenvalue weighted by Gasteiger charge is 2.12. The highest BCUT2D eigenvalue weighted by atomic mass is 19.2. The van der Waals surface area contributed by atoms with Crippen molar-refractivity contribution in [2.24, 2.45) is 0 Å². The zero-order valence-electron chi connectivity index (χ0n) is 10.2. The third-order valence-corrected chi connectivity index (χ3v) is 2.84.